The zero-order chi connectivity index (χ0) is 24.3. The molecule has 1 unspecified atom stereocenters. The Hall–Kier alpha value is -4.24. The van der Waals surface area contributed by atoms with E-state index in [1.165, 1.54) is 17.0 Å². The van der Waals surface area contributed by atoms with Crippen LogP contribution < -0.4 is 10.6 Å². The molecule has 0 radical (unpaired) electrons. The number of ether oxygens (including phenoxy) is 1. The summed E-state index contributed by atoms with van der Waals surface area (Å²) in [6.45, 7) is 11.0. The van der Waals surface area contributed by atoms with Gasteiger partial charge in [-0.1, -0.05) is 18.2 Å². The maximum atomic E-state index is 13.3. The fourth-order valence-corrected chi connectivity index (χ4v) is 3.71. The molecule has 2 aromatic carbocycles. The van der Waals surface area contributed by atoms with E-state index in [1.54, 1.807) is 38.1 Å². The summed E-state index contributed by atoms with van der Waals surface area (Å²) >= 11 is 0. The molecule has 2 aromatic rings. The molecule has 168 valence electrons. The van der Waals surface area contributed by atoms with Crippen LogP contribution in [-0.2, 0) is 15.7 Å². The highest BCUT2D eigenvalue weighted by Crippen LogP contribution is 2.44. The van der Waals surface area contributed by atoms with E-state index in [1.807, 2.05) is 6.07 Å². The van der Waals surface area contributed by atoms with Gasteiger partial charge in [0, 0.05) is 11.4 Å². The maximum Gasteiger partial charge on any atom is 0.416 e. The molecule has 0 aromatic heterocycles. The van der Waals surface area contributed by atoms with E-state index in [0.29, 0.717) is 11.1 Å². The lowest BCUT2D eigenvalue weighted by Crippen LogP contribution is -2.37. The van der Waals surface area contributed by atoms with Crippen LogP contribution in [0.2, 0.25) is 0 Å². The van der Waals surface area contributed by atoms with Gasteiger partial charge in [-0.25, -0.2) is 9.64 Å². The molecule has 0 amide bonds. The number of anilines is 1. The molecule has 3 rings (SSSR count). The van der Waals surface area contributed by atoms with Crippen molar-refractivity contribution in [2.24, 2.45) is 5.73 Å². The largest absolute Gasteiger partial charge is 0.463 e. The molecule has 0 spiro atoms. The lowest BCUT2D eigenvalue weighted by Gasteiger charge is -2.36. The van der Waals surface area contributed by atoms with Gasteiger partial charge in [0.1, 0.15) is 5.82 Å². The Bertz CT molecular complexity index is 1230. The second kappa shape index (κ2) is 9.09. The van der Waals surface area contributed by atoms with Crippen LogP contribution in [-0.4, -0.2) is 12.6 Å². The first-order valence-electron chi connectivity index (χ1n) is 9.86. The van der Waals surface area contributed by atoms with Gasteiger partial charge in [0.2, 0.25) is 0 Å². The Kier molecular flexibility index (Phi) is 6.45. The zero-order valence-electron chi connectivity index (χ0n) is 17.8. The van der Waals surface area contributed by atoms with Gasteiger partial charge in [-0.15, -0.1) is 0 Å². The summed E-state index contributed by atoms with van der Waals surface area (Å²) in [5, 5.41) is 9.07. The molecule has 0 saturated heterocycles. The van der Waals surface area contributed by atoms with Crippen LogP contribution in [0.4, 0.5) is 18.9 Å². The average molecular weight is 452 g/mol. The number of nitriles is 1. The first-order valence-corrected chi connectivity index (χ1v) is 9.86. The van der Waals surface area contributed by atoms with Gasteiger partial charge in [0.05, 0.1) is 41.9 Å². The highest BCUT2D eigenvalue weighted by Gasteiger charge is 2.39. The molecule has 1 heterocycles. The maximum absolute atomic E-state index is 13.3. The minimum Gasteiger partial charge on any atom is -0.463 e. The minimum atomic E-state index is -4.58. The number of carbonyl (C=O) groups excluding carboxylic acids is 1. The first-order chi connectivity index (χ1) is 15.6. The van der Waals surface area contributed by atoms with Crippen LogP contribution in [0.5, 0.6) is 0 Å². The molecule has 1 atom stereocenters. The normalized spacial score (nSPS) is 16.3. The monoisotopic (exact) mass is 452 g/mol. The molecule has 0 saturated carbocycles. The lowest BCUT2D eigenvalue weighted by atomic mass is 9.84. The van der Waals surface area contributed by atoms with Crippen LogP contribution >= 0.6 is 0 Å². The minimum absolute atomic E-state index is 0.0370. The first kappa shape index (κ1) is 23.4. The van der Waals surface area contributed by atoms with Crippen molar-refractivity contribution in [1.82, 2.24) is 0 Å². The molecule has 2 N–H and O–H groups in total. The van der Waals surface area contributed by atoms with Crippen molar-refractivity contribution in [2.45, 2.75) is 25.9 Å². The van der Waals surface area contributed by atoms with E-state index < -0.39 is 23.6 Å². The number of benzene rings is 2. The number of hydrogen-bond donors (Lipinski definition) is 1. The number of rotatable bonds is 4. The average Bonchev–Trinajstić information content (AvgIpc) is 2.78. The molecule has 0 aliphatic carbocycles. The highest BCUT2D eigenvalue weighted by molar-refractivity contribution is 5.94. The van der Waals surface area contributed by atoms with Gasteiger partial charge in [-0.05, 0) is 49.7 Å². The fourth-order valence-electron chi connectivity index (χ4n) is 3.71. The molecular weight excluding hydrogens is 433 g/mol. The molecular formula is C24H19F3N4O2. The Morgan fingerprint density at radius 3 is 2.48 bits per heavy atom. The third kappa shape index (κ3) is 4.39. The molecule has 0 fully saturated rings. The van der Waals surface area contributed by atoms with Crippen LogP contribution in [0.3, 0.4) is 0 Å². The third-order valence-electron chi connectivity index (χ3n) is 5.21. The van der Waals surface area contributed by atoms with Gasteiger partial charge >= 0.3 is 12.1 Å². The topological polar surface area (TPSA) is 83.7 Å². The number of halogens is 3. The van der Waals surface area contributed by atoms with E-state index >= 15 is 0 Å². The van der Waals surface area contributed by atoms with Crippen molar-refractivity contribution in [3.63, 3.8) is 0 Å². The Balaban J connectivity index is 2.27. The summed E-state index contributed by atoms with van der Waals surface area (Å²) < 4.78 is 45.1. The summed E-state index contributed by atoms with van der Waals surface area (Å²) in [6, 6.07) is 12.8. The van der Waals surface area contributed by atoms with Crippen molar-refractivity contribution >= 4 is 11.7 Å². The van der Waals surface area contributed by atoms with E-state index in [0.717, 1.165) is 12.1 Å². The second-order valence-electron chi connectivity index (χ2n) is 7.15. The smallest absolute Gasteiger partial charge is 0.416 e. The van der Waals surface area contributed by atoms with Crippen molar-refractivity contribution in [3.05, 3.63) is 99.4 Å². The molecule has 33 heavy (non-hydrogen) atoms. The van der Waals surface area contributed by atoms with Gasteiger partial charge < -0.3 is 15.4 Å². The second-order valence-corrected chi connectivity index (χ2v) is 7.15. The van der Waals surface area contributed by atoms with Crippen molar-refractivity contribution in [3.8, 4) is 6.07 Å². The summed E-state index contributed by atoms with van der Waals surface area (Å²) in [4.78, 5) is 17.8. The summed E-state index contributed by atoms with van der Waals surface area (Å²) in [7, 11) is 0. The summed E-state index contributed by atoms with van der Waals surface area (Å²) in [6.07, 6.45) is -4.58. The van der Waals surface area contributed by atoms with Gasteiger partial charge in [-0.3, -0.25) is 0 Å². The van der Waals surface area contributed by atoms with Crippen LogP contribution in [0.1, 0.15) is 36.5 Å². The van der Waals surface area contributed by atoms with E-state index in [9.17, 15) is 18.0 Å². The Morgan fingerprint density at radius 2 is 1.94 bits per heavy atom. The molecule has 9 heteroatoms. The van der Waals surface area contributed by atoms with Crippen molar-refractivity contribution in [2.75, 3.05) is 11.5 Å². The number of alkyl halides is 3. The zero-order valence-corrected chi connectivity index (χ0v) is 17.8. The van der Waals surface area contributed by atoms with E-state index in [2.05, 4.69) is 4.85 Å². The molecule has 1 aliphatic heterocycles. The van der Waals surface area contributed by atoms with E-state index in [4.69, 9.17) is 22.3 Å². The molecule has 0 bridgehead atoms. The third-order valence-corrected chi connectivity index (χ3v) is 5.21. The standard InChI is InChI=1S/C24H19F3N4O2/c1-4-33-23(32)20-19(16-10-8-15(13-28)9-11-16)21(30-3)14(2)31(22(20)29)18-7-5-6-17(12-18)24(25,26)27/h5-12,19H,4,29H2,1-2H3. The number of carbonyl (C=O) groups is 1. The molecule has 6 nitrogen and oxygen atoms in total. The quantitative estimate of drug-likeness (QED) is 0.518. The van der Waals surface area contributed by atoms with Crippen molar-refractivity contribution in [1.29, 1.82) is 5.26 Å². The fraction of sp³-hybridized carbons (Fsp3) is 0.208. The number of allylic oxidation sites excluding steroid dienone is 2. The van der Waals surface area contributed by atoms with E-state index in [-0.39, 0.29) is 35.1 Å². The molecule has 1 aliphatic rings. The van der Waals surface area contributed by atoms with Gasteiger partial charge in [0.25, 0.3) is 0 Å². The number of hydrogen-bond acceptors (Lipinski definition) is 5. The predicted octanol–water partition coefficient (Wildman–Crippen LogP) is 5.07. The predicted molar refractivity (Wildman–Crippen MR) is 115 cm³/mol. The summed E-state index contributed by atoms with van der Waals surface area (Å²) in [5.74, 6) is -1.82. The highest BCUT2D eigenvalue weighted by atomic mass is 19.4. The number of nitrogens with two attached hydrogens (primary N) is 1. The van der Waals surface area contributed by atoms with Gasteiger partial charge in [-0.2, -0.15) is 18.4 Å². The summed E-state index contributed by atoms with van der Waals surface area (Å²) in [5.41, 5.74) is 6.77. The lowest BCUT2D eigenvalue weighted by molar-refractivity contribution is -0.139. The van der Waals surface area contributed by atoms with Crippen molar-refractivity contribution < 1.29 is 22.7 Å². The van der Waals surface area contributed by atoms with Crippen LogP contribution in [0.25, 0.3) is 4.85 Å². The Labute approximate surface area is 188 Å². The SMILES string of the molecule is [C-]#[N+]C1=C(C)N(c2cccc(C(F)(F)F)c2)C(N)=C(C(=O)OCC)C1c1ccc(C#N)cc1. The number of esters is 1. The van der Waals surface area contributed by atoms with Gasteiger partial charge in [0.15, 0.2) is 5.70 Å². The Morgan fingerprint density at radius 1 is 1.27 bits per heavy atom. The van der Waals surface area contributed by atoms with Crippen LogP contribution in [0, 0.1) is 17.9 Å². The number of nitrogens with zero attached hydrogens (tertiary/aromatic N) is 3. The van der Waals surface area contributed by atoms with Crippen LogP contribution in [0.15, 0.2) is 71.3 Å².